The number of nitrogens with two attached hydrogens (primary N) is 1. The lowest BCUT2D eigenvalue weighted by Gasteiger charge is -2.19. The van der Waals surface area contributed by atoms with E-state index in [4.69, 9.17) is 5.73 Å². The molecule has 2 heterocycles. The Labute approximate surface area is 124 Å². The highest BCUT2D eigenvalue weighted by atomic mass is 19.4. The molecule has 0 atom stereocenters. The van der Waals surface area contributed by atoms with Crippen LogP contribution in [0.25, 0.3) is 17.2 Å². The Balaban J connectivity index is 2.19. The van der Waals surface area contributed by atoms with Gasteiger partial charge in [-0.25, -0.2) is 9.97 Å². The van der Waals surface area contributed by atoms with E-state index in [1.807, 2.05) is 6.07 Å². The number of benzene rings is 1. The number of aromatic nitrogens is 2. The average molecular weight is 306 g/mol. The number of hydrogen-bond acceptors (Lipinski definition) is 4. The van der Waals surface area contributed by atoms with Gasteiger partial charge in [0.15, 0.2) is 0 Å². The summed E-state index contributed by atoms with van der Waals surface area (Å²) in [5, 5.41) is 3.04. The number of anilines is 1. The predicted molar refractivity (Wildman–Crippen MR) is 77.7 cm³/mol. The van der Waals surface area contributed by atoms with Gasteiger partial charge in [-0.2, -0.15) is 13.2 Å². The van der Waals surface area contributed by atoms with Crippen LogP contribution in [-0.2, 0) is 6.18 Å². The molecule has 1 aliphatic rings. The van der Waals surface area contributed by atoms with Crippen molar-refractivity contribution < 1.29 is 13.2 Å². The molecule has 0 bridgehead atoms. The van der Waals surface area contributed by atoms with Gasteiger partial charge in [-0.15, -0.1) is 0 Å². The molecule has 0 amide bonds. The van der Waals surface area contributed by atoms with Crippen LogP contribution in [0.4, 0.5) is 19.0 Å². The molecule has 1 fully saturated rings. The molecule has 2 aromatic rings. The smallest absolute Gasteiger partial charge is 0.383 e. The zero-order valence-corrected chi connectivity index (χ0v) is 11.5. The Morgan fingerprint density at radius 3 is 2.32 bits per heavy atom. The monoisotopic (exact) mass is 306 g/mol. The minimum absolute atomic E-state index is 0.173. The second-order valence-electron chi connectivity index (χ2n) is 4.96. The Morgan fingerprint density at radius 1 is 1.09 bits per heavy atom. The summed E-state index contributed by atoms with van der Waals surface area (Å²) in [6.45, 7) is 1.28. The number of nitrogen functional groups attached to an aromatic ring is 1. The molecular weight excluding hydrogens is 293 g/mol. The minimum Gasteiger partial charge on any atom is -0.383 e. The molecule has 1 saturated heterocycles. The largest absolute Gasteiger partial charge is 0.451 e. The topological polar surface area (TPSA) is 63.8 Å². The van der Waals surface area contributed by atoms with Crippen molar-refractivity contribution in [2.75, 3.05) is 18.8 Å². The van der Waals surface area contributed by atoms with Crippen LogP contribution in [0.1, 0.15) is 11.5 Å². The first-order chi connectivity index (χ1) is 10.4. The second kappa shape index (κ2) is 5.42. The maximum atomic E-state index is 12.9. The van der Waals surface area contributed by atoms with Crippen LogP contribution < -0.4 is 11.1 Å². The minimum atomic E-state index is -4.63. The zero-order chi connectivity index (χ0) is 15.7. The molecule has 7 heteroatoms. The Hall–Kier alpha value is -2.41. The molecule has 3 N–H and O–H groups in total. The molecule has 0 unspecified atom stereocenters. The van der Waals surface area contributed by atoms with Crippen LogP contribution in [0.5, 0.6) is 0 Å². The predicted octanol–water partition coefficient (Wildman–Crippen LogP) is 2.73. The molecule has 1 aliphatic heterocycles. The summed E-state index contributed by atoms with van der Waals surface area (Å²) in [5.41, 5.74) is 8.07. The van der Waals surface area contributed by atoms with E-state index in [0.717, 1.165) is 5.57 Å². The molecule has 0 spiro atoms. The summed E-state index contributed by atoms with van der Waals surface area (Å²) in [6.07, 6.45) is -2.99. The van der Waals surface area contributed by atoms with Crippen molar-refractivity contribution in [2.24, 2.45) is 0 Å². The third-order valence-electron chi connectivity index (χ3n) is 3.33. The van der Waals surface area contributed by atoms with Crippen molar-refractivity contribution >= 4 is 11.9 Å². The van der Waals surface area contributed by atoms with E-state index in [1.54, 1.807) is 30.3 Å². The van der Waals surface area contributed by atoms with Gasteiger partial charge in [0.05, 0.1) is 5.69 Å². The molecule has 0 saturated carbocycles. The van der Waals surface area contributed by atoms with E-state index in [2.05, 4.69) is 15.3 Å². The van der Waals surface area contributed by atoms with Crippen LogP contribution in [-0.4, -0.2) is 23.1 Å². The molecule has 1 aromatic carbocycles. The molecule has 0 radical (unpaired) electrons. The molecule has 1 aromatic heterocycles. The van der Waals surface area contributed by atoms with E-state index < -0.39 is 12.0 Å². The zero-order valence-electron chi connectivity index (χ0n) is 11.5. The highest BCUT2D eigenvalue weighted by Gasteiger charge is 2.36. The molecule has 3 rings (SSSR count). The van der Waals surface area contributed by atoms with Gasteiger partial charge in [-0.1, -0.05) is 30.3 Å². The fourth-order valence-electron chi connectivity index (χ4n) is 2.19. The number of nitrogens with one attached hydrogen (secondary N) is 1. The summed E-state index contributed by atoms with van der Waals surface area (Å²) < 4.78 is 38.7. The van der Waals surface area contributed by atoms with E-state index >= 15 is 0 Å². The van der Waals surface area contributed by atoms with E-state index in [-0.39, 0.29) is 11.5 Å². The van der Waals surface area contributed by atoms with Crippen molar-refractivity contribution in [1.29, 1.82) is 0 Å². The van der Waals surface area contributed by atoms with Crippen molar-refractivity contribution in [3.8, 4) is 11.1 Å². The number of halogens is 3. The number of rotatable bonds is 2. The maximum Gasteiger partial charge on any atom is 0.451 e. The summed E-state index contributed by atoms with van der Waals surface area (Å²) in [4.78, 5) is 7.11. The number of hydrogen-bond donors (Lipinski definition) is 2. The van der Waals surface area contributed by atoms with Gasteiger partial charge in [0.25, 0.3) is 0 Å². The highest BCUT2D eigenvalue weighted by Crippen LogP contribution is 2.33. The van der Waals surface area contributed by atoms with Gasteiger partial charge in [0.2, 0.25) is 5.82 Å². The third kappa shape index (κ3) is 2.80. The van der Waals surface area contributed by atoms with Gasteiger partial charge >= 0.3 is 6.18 Å². The number of alkyl halides is 3. The number of nitrogens with zero attached hydrogens (tertiary/aromatic N) is 2. The lowest BCUT2D eigenvalue weighted by Crippen LogP contribution is -2.33. The van der Waals surface area contributed by atoms with Crippen molar-refractivity contribution in [3.05, 3.63) is 47.4 Å². The van der Waals surface area contributed by atoms with Crippen LogP contribution >= 0.6 is 0 Å². The Morgan fingerprint density at radius 2 is 1.77 bits per heavy atom. The lowest BCUT2D eigenvalue weighted by atomic mass is 10.0. The summed E-state index contributed by atoms with van der Waals surface area (Å²) in [7, 11) is 0. The van der Waals surface area contributed by atoms with Crippen LogP contribution in [0.2, 0.25) is 0 Å². The molecule has 4 nitrogen and oxygen atoms in total. The summed E-state index contributed by atoms with van der Waals surface area (Å²) in [5.74, 6) is -1.39. The lowest BCUT2D eigenvalue weighted by molar-refractivity contribution is -0.144. The van der Waals surface area contributed by atoms with Crippen molar-refractivity contribution in [3.63, 3.8) is 0 Å². The normalized spacial score (nSPS) is 14.6. The molecule has 22 heavy (non-hydrogen) atoms. The molecule has 0 aliphatic carbocycles. The summed E-state index contributed by atoms with van der Waals surface area (Å²) >= 11 is 0. The first kappa shape index (κ1) is 14.5. The second-order valence-corrected chi connectivity index (χ2v) is 4.96. The molecular formula is C15H13F3N4. The standard InChI is InChI=1S/C15H13F3N4/c16-15(17,18)14-21-11(6-9-7-20-8-9)12(13(19)22-14)10-4-2-1-3-5-10/h1-6,20H,7-8H2,(H2,19,21,22). The SMILES string of the molecule is Nc1nc(C(F)(F)F)nc(C=C2CNC2)c1-c1ccccc1. The summed E-state index contributed by atoms with van der Waals surface area (Å²) in [6, 6.07) is 8.92. The Kier molecular flexibility index (Phi) is 3.58. The van der Waals surface area contributed by atoms with Crippen molar-refractivity contribution in [2.45, 2.75) is 6.18 Å². The third-order valence-corrected chi connectivity index (χ3v) is 3.33. The van der Waals surface area contributed by atoms with Crippen LogP contribution in [0.15, 0.2) is 35.9 Å². The van der Waals surface area contributed by atoms with E-state index in [1.165, 1.54) is 0 Å². The van der Waals surface area contributed by atoms with Gasteiger partial charge in [0.1, 0.15) is 5.82 Å². The van der Waals surface area contributed by atoms with Gasteiger partial charge < -0.3 is 11.1 Å². The first-order valence-corrected chi connectivity index (χ1v) is 6.65. The van der Waals surface area contributed by atoms with Gasteiger partial charge in [-0.3, -0.25) is 0 Å². The van der Waals surface area contributed by atoms with Gasteiger partial charge in [0, 0.05) is 18.7 Å². The van der Waals surface area contributed by atoms with E-state index in [9.17, 15) is 13.2 Å². The average Bonchev–Trinajstić information content (AvgIpc) is 2.42. The fourth-order valence-corrected chi connectivity index (χ4v) is 2.19. The van der Waals surface area contributed by atoms with E-state index in [0.29, 0.717) is 24.2 Å². The van der Waals surface area contributed by atoms with Crippen LogP contribution in [0.3, 0.4) is 0 Å². The fraction of sp³-hybridized carbons (Fsp3) is 0.200. The first-order valence-electron chi connectivity index (χ1n) is 6.65. The Bertz CT molecular complexity index is 718. The maximum absolute atomic E-state index is 12.9. The van der Waals surface area contributed by atoms with Crippen LogP contribution in [0, 0.1) is 0 Å². The van der Waals surface area contributed by atoms with Crippen molar-refractivity contribution in [1.82, 2.24) is 15.3 Å². The van der Waals surface area contributed by atoms with Gasteiger partial charge in [-0.05, 0) is 17.2 Å². The highest BCUT2D eigenvalue weighted by molar-refractivity contribution is 5.82. The molecule has 114 valence electrons. The quantitative estimate of drug-likeness (QED) is 0.895.